The number of carbonyl (C=O) groups excluding carboxylic acids is 1. The second kappa shape index (κ2) is 10.2. The maximum Gasteiger partial charge on any atom is 0.261 e. The van der Waals surface area contributed by atoms with Crippen LogP contribution in [0.5, 0.6) is 0 Å². The standard InChI is InChI=1S/C26H29N3O3S/c1-20-4-10-24(11-5-20)28-33(31,32)25-14-8-22(9-15-25)26(30)27-23-12-6-21(7-13-23)16-19-29-17-2-3-18-29/h4-15,28H,2-3,16-19H2,1H3,(H,27,30). The Morgan fingerprint density at radius 1 is 0.848 bits per heavy atom. The van der Waals surface area contributed by atoms with E-state index in [1.165, 1.54) is 55.8 Å². The van der Waals surface area contributed by atoms with Gasteiger partial charge in [0.15, 0.2) is 0 Å². The maximum atomic E-state index is 12.6. The Morgan fingerprint density at radius 2 is 1.45 bits per heavy atom. The third-order valence-corrected chi connectivity index (χ3v) is 7.25. The van der Waals surface area contributed by atoms with Crippen molar-refractivity contribution < 1.29 is 13.2 Å². The van der Waals surface area contributed by atoms with Crippen LogP contribution in [0.2, 0.25) is 0 Å². The number of hydrogen-bond acceptors (Lipinski definition) is 4. The lowest BCUT2D eigenvalue weighted by Crippen LogP contribution is -2.21. The van der Waals surface area contributed by atoms with Crippen LogP contribution < -0.4 is 10.0 Å². The average molecular weight is 464 g/mol. The van der Waals surface area contributed by atoms with Crippen LogP contribution in [0.1, 0.15) is 34.3 Å². The SMILES string of the molecule is Cc1ccc(NS(=O)(=O)c2ccc(C(=O)Nc3ccc(CCN4CCCC4)cc3)cc2)cc1. The van der Waals surface area contributed by atoms with Gasteiger partial charge in [0.25, 0.3) is 15.9 Å². The van der Waals surface area contributed by atoms with E-state index < -0.39 is 10.0 Å². The average Bonchev–Trinajstić information content (AvgIpc) is 3.34. The fraction of sp³-hybridized carbons (Fsp3) is 0.269. The molecule has 172 valence electrons. The number of carbonyl (C=O) groups is 1. The number of sulfonamides is 1. The van der Waals surface area contributed by atoms with Gasteiger partial charge in [-0.3, -0.25) is 9.52 Å². The minimum atomic E-state index is -3.73. The molecule has 1 fully saturated rings. The van der Waals surface area contributed by atoms with Crippen LogP contribution in [0.4, 0.5) is 11.4 Å². The van der Waals surface area contributed by atoms with E-state index >= 15 is 0 Å². The number of benzene rings is 3. The van der Waals surface area contributed by atoms with Gasteiger partial charge < -0.3 is 10.2 Å². The van der Waals surface area contributed by atoms with E-state index in [0.717, 1.165) is 18.5 Å². The highest BCUT2D eigenvalue weighted by molar-refractivity contribution is 7.92. The summed E-state index contributed by atoms with van der Waals surface area (Å²) >= 11 is 0. The first-order valence-electron chi connectivity index (χ1n) is 11.2. The highest BCUT2D eigenvalue weighted by atomic mass is 32.2. The first-order valence-corrected chi connectivity index (χ1v) is 12.7. The van der Waals surface area contributed by atoms with Crippen molar-refractivity contribution >= 4 is 27.3 Å². The largest absolute Gasteiger partial charge is 0.322 e. The minimum absolute atomic E-state index is 0.0991. The Balaban J connectivity index is 1.34. The quantitative estimate of drug-likeness (QED) is 0.508. The van der Waals surface area contributed by atoms with E-state index in [9.17, 15) is 13.2 Å². The van der Waals surface area contributed by atoms with Crippen LogP contribution in [0.3, 0.4) is 0 Å². The Bertz CT molecular complexity index is 1180. The predicted octanol–water partition coefficient (Wildman–Crippen LogP) is 4.69. The molecule has 2 N–H and O–H groups in total. The highest BCUT2D eigenvalue weighted by Gasteiger charge is 2.16. The summed E-state index contributed by atoms with van der Waals surface area (Å²) in [6.07, 6.45) is 3.59. The van der Waals surface area contributed by atoms with Crippen LogP contribution in [0.25, 0.3) is 0 Å². The number of nitrogens with zero attached hydrogens (tertiary/aromatic N) is 1. The number of anilines is 2. The summed E-state index contributed by atoms with van der Waals surface area (Å²) in [7, 11) is -3.73. The molecule has 1 saturated heterocycles. The van der Waals surface area contributed by atoms with E-state index in [1.54, 1.807) is 12.1 Å². The van der Waals surface area contributed by atoms with Crippen LogP contribution in [-0.2, 0) is 16.4 Å². The fourth-order valence-corrected chi connectivity index (χ4v) is 4.93. The number of rotatable bonds is 8. The lowest BCUT2D eigenvalue weighted by molar-refractivity contribution is 0.102. The molecule has 0 atom stereocenters. The van der Waals surface area contributed by atoms with E-state index in [-0.39, 0.29) is 10.8 Å². The second-order valence-corrected chi connectivity index (χ2v) is 10.1. The van der Waals surface area contributed by atoms with Crippen molar-refractivity contribution in [1.29, 1.82) is 0 Å². The zero-order chi connectivity index (χ0) is 23.3. The number of amides is 1. The molecule has 1 heterocycles. The van der Waals surface area contributed by atoms with Gasteiger partial charge in [0.2, 0.25) is 0 Å². The molecule has 0 aliphatic carbocycles. The van der Waals surface area contributed by atoms with Gasteiger partial charge in [-0.25, -0.2) is 8.42 Å². The Labute approximate surface area is 195 Å². The topological polar surface area (TPSA) is 78.5 Å². The van der Waals surface area contributed by atoms with Crippen molar-refractivity contribution in [1.82, 2.24) is 4.90 Å². The van der Waals surface area contributed by atoms with Crippen molar-refractivity contribution in [3.05, 3.63) is 89.5 Å². The predicted molar refractivity (Wildman–Crippen MR) is 132 cm³/mol. The molecule has 7 heteroatoms. The molecule has 0 saturated carbocycles. The van der Waals surface area contributed by atoms with Crippen molar-refractivity contribution in [3.63, 3.8) is 0 Å². The molecule has 0 aromatic heterocycles. The Kier molecular flexibility index (Phi) is 7.11. The lowest BCUT2D eigenvalue weighted by atomic mass is 10.1. The molecule has 33 heavy (non-hydrogen) atoms. The van der Waals surface area contributed by atoms with E-state index in [0.29, 0.717) is 16.9 Å². The third kappa shape index (κ3) is 6.21. The molecule has 0 spiro atoms. The molecule has 1 aliphatic rings. The molecule has 0 bridgehead atoms. The highest BCUT2D eigenvalue weighted by Crippen LogP contribution is 2.18. The summed E-state index contributed by atoms with van der Waals surface area (Å²) in [4.78, 5) is 15.2. The monoisotopic (exact) mass is 463 g/mol. The number of likely N-dealkylation sites (tertiary alicyclic amines) is 1. The van der Waals surface area contributed by atoms with Crippen molar-refractivity contribution in [3.8, 4) is 0 Å². The Morgan fingerprint density at radius 3 is 2.09 bits per heavy atom. The van der Waals surface area contributed by atoms with Crippen molar-refractivity contribution in [2.24, 2.45) is 0 Å². The maximum absolute atomic E-state index is 12.6. The molecule has 3 aromatic rings. The third-order valence-electron chi connectivity index (χ3n) is 5.86. The molecule has 3 aromatic carbocycles. The zero-order valence-corrected chi connectivity index (χ0v) is 19.6. The van der Waals surface area contributed by atoms with Crippen LogP contribution in [0.15, 0.2) is 77.7 Å². The summed E-state index contributed by atoms with van der Waals surface area (Å²) < 4.78 is 27.8. The van der Waals surface area contributed by atoms with Gasteiger partial charge in [-0.15, -0.1) is 0 Å². The number of hydrogen-bond donors (Lipinski definition) is 2. The second-order valence-electron chi connectivity index (χ2n) is 8.45. The molecule has 4 rings (SSSR count). The van der Waals surface area contributed by atoms with E-state index in [2.05, 4.69) is 14.9 Å². The van der Waals surface area contributed by atoms with Crippen LogP contribution in [-0.4, -0.2) is 38.9 Å². The molecule has 0 radical (unpaired) electrons. The van der Waals surface area contributed by atoms with E-state index in [1.807, 2.05) is 43.3 Å². The number of nitrogens with one attached hydrogen (secondary N) is 2. The summed E-state index contributed by atoms with van der Waals surface area (Å²) in [5.74, 6) is -0.282. The van der Waals surface area contributed by atoms with Gasteiger partial charge in [0.05, 0.1) is 4.90 Å². The summed E-state index contributed by atoms with van der Waals surface area (Å²) in [6, 6.07) is 20.9. The molecular weight excluding hydrogens is 434 g/mol. The molecular formula is C26H29N3O3S. The van der Waals surface area contributed by atoms with E-state index in [4.69, 9.17) is 0 Å². The van der Waals surface area contributed by atoms with Gasteiger partial charge in [-0.05, 0) is 93.4 Å². The fourth-order valence-electron chi connectivity index (χ4n) is 3.87. The first kappa shape index (κ1) is 23.0. The lowest BCUT2D eigenvalue weighted by Gasteiger charge is -2.14. The van der Waals surface area contributed by atoms with Gasteiger partial charge in [-0.2, -0.15) is 0 Å². The first-order chi connectivity index (χ1) is 15.9. The normalized spacial score (nSPS) is 14.2. The molecule has 1 amide bonds. The molecule has 6 nitrogen and oxygen atoms in total. The Hall–Kier alpha value is -3.16. The minimum Gasteiger partial charge on any atom is -0.322 e. The number of aryl methyl sites for hydroxylation is 1. The molecule has 1 aliphatic heterocycles. The molecule has 0 unspecified atom stereocenters. The summed E-state index contributed by atoms with van der Waals surface area (Å²) in [5, 5.41) is 2.87. The van der Waals surface area contributed by atoms with Gasteiger partial charge in [-0.1, -0.05) is 29.8 Å². The van der Waals surface area contributed by atoms with Gasteiger partial charge >= 0.3 is 0 Å². The summed E-state index contributed by atoms with van der Waals surface area (Å²) in [6.45, 7) is 5.39. The van der Waals surface area contributed by atoms with Crippen molar-refractivity contribution in [2.45, 2.75) is 31.1 Å². The van der Waals surface area contributed by atoms with Gasteiger partial charge in [0.1, 0.15) is 0 Å². The summed E-state index contributed by atoms with van der Waals surface area (Å²) in [5.41, 5.74) is 3.89. The smallest absolute Gasteiger partial charge is 0.261 e. The van der Waals surface area contributed by atoms with Crippen LogP contribution in [0, 0.1) is 6.92 Å². The van der Waals surface area contributed by atoms with Gasteiger partial charge in [0, 0.05) is 23.5 Å². The van der Waals surface area contributed by atoms with Crippen LogP contribution >= 0.6 is 0 Å². The zero-order valence-electron chi connectivity index (χ0n) is 18.8. The van der Waals surface area contributed by atoms with Crippen molar-refractivity contribution in [2.75, 3.05) is 29.7 Å².